The van der Waals surface area contributed by atoms with E-state index in [0.29, 0.717) is 34.1 Å². The molecule has 2 N–H and O–H groups in total. The Morgan fingerprint density at radius 3 is 2.51 bits per heavy atom. The zero-order valence-corrected chi connectivity index (χ0v) is 24.1. The lowest BCUT2D eigenvalue weighted by Crippen LogP contribution is -2.24. The number of anilines is 3. The van der Waals surface area contributed by atoms with Crippen LogP contribution in [0.5, 0.6) is 11.6 Å². The maximum atomic E-state index is 13.4. The second-order valence-corrected chi connectivity index (χ2v) is 11.0. The van der Waals surface area contributed by atoms with Gasteiger partial charge in [-0.2, -0.15) is 17.9 Å². The molecule has 3 aromatic heterocycles. The van der Waals surface area contributed by atoms with Crippen molar-refractivity contribution < 1.29 is 32.2 Å². The molecule has 0 aliphatic carbocycles. The van der Waals surface area contributed by atoms with E-state index in [4.69, 9.17) is 4.74 Å². The van der Waals surface area contributed by atoms with Crippen LogP contribution in [0.15, 0.2) is 91.5 Å². The lowest BCUT2D eigenvalue weighted by molar-refractivity contribution is -0.604. The Balaban J connectivity index is 1.10. The van der Waals surface area contributed by atoms with Crippen molar-refractivity contribution in [2.75, 3.05) is 22.1 Å². The first-order valence-corrected chi connectivity index (χ1v) is 14.4. The smallest absolute Gasteiger partial charge is 0.416 e. The molecule has 6 rings (SSSR count). The van der Waals surface area contributed by atoms with Gasteiger partial charge >= 0.3 is 12.2 Å². The molecule has 4 heterocycles. The van der Waals surface area contributed by atoms with Crippen LogP contribution in [0.25, 0.3) is 21.6 Å². The Labute approximate surface area is 258 Å². The molecule has 2 aromatic carbocycles. The van der Waals surface area contributed by atoms with Crippen LogP contribution in [0.2, 0.25) is 0 Å². The fourth-order valence-corrected chi connectivity index (χ4v) is 5.64. The lowest BCUT2D eigenvalue weighted by atomic mass is 10.0. The Kier molecular flexibility index (Phi) is 8.04. The molecule has 0 radical (unpaired) electrons. The minimum Gasteiger partial charge on any atom is -0.619 e. The molecule has 45 heavy (non-hydrogen) atoms. The van der Waals surface area contributed by atoms with E-state index in [-0.39, 0.29) is 28.7 Å². The topological polar surface area (TPSA) is 123 Å². The molecular weight excluding hydrogens is 609 g/mol. The van der Waals surface area contributed by atoms with Gasteiger partial charge in [0.2, 0.25) is 11.8 Å². The summed E-state index contributed by atoms with van der Waals surface area (Å²) < 4.78 is 46.5. The van der Waals surface area contributed by atoms with Crippen molar-refractivity contribution in [2.45, 2.75) is 19.0 Å². The number of pyridine rings is 2. The van der Waals surface area contributed by atoms with E-state index < -0.39 is 17.8 Å². The van der Waals surface area contributed by atoms with Crippen LogP contribution in [-0.4, -0.2) is 28.5 Å². The number of amides is 3. The Hall–Kier alpha value is -5.50. The van der Waals surface area contributed by atoms with Crippen LogP contribution < -0.4 is 25.0 Å². The molecule has 1 saturated heterocycles. The van der Waals surface area contributed by atoms with E-state index in [1.54, 1.807) is 29.3 Å². The molecule has 0 saturated carbocycles. The first-order valence-electron chi connectivity index (χ1n) is 13.6. The monoisotopic (exact) mass is 632 g/mol. The molecule has 228 valence electrons. The molecule has 3 amide bonds. The normalized spacial score (nSPS) is 13.1. The summed E-state index contributed by atoms with van der Waals surface area (Å²) in [6.45, 7) is 0.680. The standard InChI is InChI=1S/C31H23F3N6O4S/c32-31(33,34)21-7-11-24(20-3-1-13-39(43)18-20)25(15-21)38-29(42)37-22-8-12-27(35-16-22)44-23-9-5-19(6-10-23)26-17-36-30(45-26)40-14-2-4-28(40)41/h1,3,5-13,15-18H,2,4,14H2,(H2,37,38,42). The van der Waals surface area contributed by atoms with Crippen molar-refractivity contribution in [3.63, 3.8) is 0 Å². The largest absolute Gasteiger partial charge is 0.619 e. The van der Waals surface area contributed by atoms with E-state index in [2.05, 4.69) is 20.6 Å². The van der Waals surface area contributed by atoms with Gasteiger partial charge in [0.1, 0.15) is 5.75 Å². The van der Waals surface area contributed by atoms with Crippen molar-refractivity contribution in [3.05, 3.63) is 102 Å². The highest BCUT2D eigenvalue weighted by Gasteiger charge is 2.31. The molecular formula is C31H23F3N6O4S. The molecule has 10 nitrogen and oxygen atoms in total. The second-order valence-electron chi connectivity index (χ2n) is 9.96. The molecule has 0 atom stereocenters. The molecule has 5 aromatic rings. The number of carbonyl (C=O) groups is 2. The van der Waals surface area contributed by atoms with Crippen molar-refractivity contribution in [1.29, 1.82) is 0 Å². The molecule has 14 heteroatoms. The number of halogens is 3. The number of aromatic nitrogens is 3. The number of alkyl halides is 3. The van der Waals surface area contributed by atoms with Gasteiger partial charge in [0.25, 0.3) is 0 Å². The van der Waals surface area contributed by atoms with Gasteiger partial charge in [-0.3, -0.25) is 9.69 Å². The minimum atomic E-state index is -4.64. The predicted molar refractivity (Wildman–Crippen MR) is 162 cm³/mol. The van der Waals surface area contributed by atoms with Crippen LogP contribution in [0.1, 0.15) is 18.4 Å². The summed E-state index contributed by atoms with van der Waals surface area (Å²) in [5, 5.41) is 17.4. The van der Waals surface area contributed by atoms with Gasteiger partial charge in [-0.25, -0.2) is 14.8 Å². The Bertz CT molecular complexity index is 1860. The number of nitrogens with one attached hydrogen (secondary N) is 2. The van der Waals surface area contributed by atoms with E-state index in [9.17, 15) is 28.0 Å². The van der Waals surface area contributed by atoms with E-state index in [1.807, 2.05) is 12.1 Å². The van der Waals surface area contributed by atoms with Crippen molar-refractivity contribution >= 4 is 39.8 Å². The molecule has 1 aliphatic rings. The molecule has 0 spiro atoms. The number of hydrogen-bond donors (Lipinski definition) is 2. The molecule has 1 fully saturated rings. The third-order valence-corrected chi connectivity index (χ3v) is 7.90. The average molecular weight is 633 g/mol. The summed E-state index contributed by atoms with van der Waals surface area (Å²) in [4.78, 5) is 36.0. The number of carbonyl (C=O) groups excluding carboxylic acids is 2. The third kappa shape index (κ3) is 6.86. The second kappa shape index (κ2) is 12.2. The van der Waals surface area contributed by atoms with Crippen molar-refractivity contribution in [2.24, 2.45) is 0 Å². The average Bonchev–Trinajstić information content (AvgIpc) is 3.67. The number of ether oxygens (including phenoxy) is 1. The van der Waals surface area contributed by atoms with Crippen LogP contribution in [0, 0.1) is 5.21 Å². The number of benzene rings is 2. The maximum absolute atomic E-state index is 13.4. The van der Waals surface area contributed by atoms with E-state index >= 15 is 0 Å². The Morgan fingerprint density at radius 1 is 1.00 bits per heavy atom. The number of nitrogens with zero attached hydrogens (tertiary/aromatic N) is 4. The zero-order chi connectivity index (χ0) is 31.6. The SMILES string of the molecule is O=C(Nc1ccc(Oc2ccc(-c3cnc(N4CCCC4=O)s3)cc2)nc1)Nc1cc(C(F)(F)F)ccc1-c1ccc[n+]([O-])c1. The molecule has 0 bridgehead atoms. The van der Waals surface area contributed by atoms with Crippen LogP contribution in [0.3, 0.4) is 0 Å². The maximum Gasteiger partial charge on any atom is 0.416 e. The summed E-state index contributed by atoms with van der Waals surface area (Å²) in [6, 6.07) is 15.4. The van der Waals surface area contributed by atoms with Crippen LogP contribution in [-0.2, 0) is 11.0 Å². The van der Waals surface area contributed by atoms with Gasteiger partial charge in [0.15, 0.2) is 17.5 Å². The van der Waals surface area contributed by atoms with Gasteiger partial charge < -0.3 is 20.6 Å². The van der Waals surface area contributed by atoms with E-state index in [0.717, 1.165) is 29.0 Å². The van der Waals surface area contributed by atoms with Crippen LogP contribution >= 0.6 is 11.3 Å². The summed E-state index contributed by atoms with van der Waals surface area (Å²) >= 11 is 1.44. The fraction of sp³-hybridized carbons (Fsp3) is 0.129. The van der Waals surface area contributed by atoms with Gasteiger partial charge in [0.05, 0.1) is 28.0 Å². The van der Waals surface area contributed by atoms with E-state index in [1.165, 1.54) is 54.2 Å². The summed E-state index contributed by atoms with van der Waals surface area (Å²) in [5.74, 6) is 0.846. The van der Waals surface area contributed by atoms with Gasteiger partial charge in [0, 0.05) is 42.4 Å². The first-order chi connectivity index (χ1) is 21.6. The van der Waals surface area contributed by atoms with Gasteiger partial charge in [-0.15, -0.1) is 0 Å². The highest BCUT2D eigenvalue weighted by atomic mass is 32.1. The summed E-state index contributed by atoms with van der Waals surface area (Å²) in [6.07, 6.45) is 2.24. The highest BCUT2D eigenvalue weighted by molar-refractivity contribution is 7.19. The minimum absolute atomic E-state index is 0.0843. The first kappa shape index (κ1) is 29.6. The number of hydrogen-bond acceptors (Lipinski definition) is 7. The summed E-state index contributed by atoms with van der Waals surface area (Å²) in [7, 11) is 0. The zero-order valence-electron chi connectivity index (χ0n) is 23.2. The highest BCUT2D eigenvalue weighted by Crippen LogP contribution is 2.36. The van der Waals surface area contributed by atoms with Gasteiger partial charge in [-0.1, -0.05) is 17.4 Å². The predicted octanol–water partition coefficient (Wildman–Crippen LogP) is 7.09. The summed E-state index contributed by atoms with van der Waals surface area (Å²) in [5.41, 5.74) is 0.637. The molecule has 1 aliphatic heterocycles. The number of urea groups is 1. The number of thiazole rings is 1. The quantitative estimate of drug-likeness (QED) is 0.146. The third-order valence-electron chi connectivity index (χ3n) is 6.83. The Morgan fingerprint density at radius 2 is 1.82 bits per heavy atom. The lowest BCUT2D eigenvalue weighted by Gasteiger charge is -2.15. The number of rotatable bonds is 7. The van der Waals surface area contributed by atoms with Crippen LogP contribution in [0.4, 0.5) is 34.5 Å². The molecule has 0 unspecified atom stereocenters. The van der Waals surface area contributed by atoms with Crippen molar-refractivity contribution in [1.82, 2.24) is 9.97 Å². The van der Waals surface area contributed by atoms with Crippen molar-refractivity contribution in [3.8, 4) is 33.2 Å². The fourth-order valence-electron chi connectivity index (χ4n) is 4.67. The van der Waals surface area contributed by atoms with Gasteiger partial charge in [-0.05, 0) is 60.5 Å².